The van der Waals surface area contributed by atoms with Crippen LogP contribution in [0.1, 0.15) is 0 Å². The Labute approximate surface area is 328 Å². The van der Waals surface area contributed by atoms with Crippen molar-refractivity contribution >= 4 is 120 Å². The third-order valence-corrected chi connectivity index (χ3v) is 11.5. The number of thiophene rings is 1. The van der Waals surface area contributed by atoms with Gasteiger partial charge in [-0.15, -0.1) is 27.7 Å². The van der Waals surface area contributed by atoms with Gasteiger partial charge < -0.3 is 4.57 Å². The van der Waals surface area contributed by atoms with E-state index in [0.29, 0.717) is 17.2 Å². The van der Waals surface area contributed by atoms with E-state index in [4.69, 9.17) is 54.2 Å². The summed E-state index contributed by atoms with van der Waals surface area (Å²) in [5.74, 6) is 1.16. The second-order valence-corrected chi connectivity index (χ2v) is 14.6. The lowest BCUT2D eigenvalue weighted by molar-refractivity contribution is 1.08. The Morgan fingerprint density at radius 1 is 0.418 bits per heavy atom. The van der Waals surface area contributed by atoms with Gasteiger partial charge in [-0.3, -0.25) is 0 Å². The van der Waals surface area contributed by atoms with Crippen LogP contribution in [0, 0.1) is 0 Å². The topological polar surface area (TPSA) is 43.6 Å². The molecule has 10 rings (SSSR count). The highest BCUT2D eigenvalue weighted by atomic mass is 32.1. The monoisotopic (exact) mass is 706 g/mol. The van der Waals surface area contributed by atoms with Gasteiger partial charge in [0.05, 0.1) is 11.0 Å². The molecule has 3 aromatic heterocycles. The third kappa shape index (κ3) is 5.38. The van der Waals surface area contributed by atoms with E-state index < -0.39 is 0 Å². The van der Waals surface area contributed by atoms with Crippen LogP contribution in [0.2, 0.25) is 0 Å². The summed E-state index contributed by atoms with van der Waals surface area (Å²) >= 11 is 1.74. The van der Waals surface area contributed by atoms with Gasteiger partial charge in [0.15, 0.2) is 17.5 Å². The molecule has 0 aliphatic heterocycles. The van der Waals surface area contributed by atoms with E-state index in [0.717, 1.165) is 32.5 Å². The highest BCUT2D eigenvalue weighted by Gasteiger charge is 2.20. The molecule has 0 spiro atoms. The molecular weight excluding hydrogens is 683 g/mol. The van der Waals surface area contributed by atoms with Crippen molar-refractivity contribution in [2.75, 3.05) is 0 Å². The predicted octanol–water partition coefficient (Wildman–Crippen LogP) is 5.97. The molecule has 0 N–H and O–H groups in total. The summed E-state index contributed by atoms with van der Waals surface area (Å²) in [5.41, 5.74) is 8.47. The molecule has 10 radical (unpaired) electrons. The molecule has 244 valence electrons. The number of aromatic nitrogens is 4. The largest absolute Gasteiger partial charge is 0.309 e. The minimum absolute atomic E-state index is 0.129. The van der Waals surface area contributed by atoms with Crippen molar-refractivity contribution in [3.63, 3.8) is 0 Å². The Balaban J connectivity index is 1.14. The lowest BCUT2D eigenvalue weighted by Crippen LogP contribution is -2.55. The van der Waals surface area contributed by atoms with Crippen molar-refractivity contribution in [2.24, 2.45) is 0 Å². The molecule has 0 bridgehead atoms. The number of rotatable bonds is 5. The highest BCUT2D eigenvalue weighted by Crippen LogP contribution is 2.43. The predicted molar refractivity (Wildman–Crippen MR) is 236 cm³/mol. The van der Waals surface area contributed by atoms with Gasteiger partial charge in [-0.05, 0) is 53.6 Å². The smallest absolute Gasteiger partial charge is 0.164 e. The van der Waals surface area contributed by atoms with Gasteiger partial charge in [0, 0.05) is 53.3 Å². The fraction of sp³-hybridized carbons (Fsp3) is 0. The molecule has 3 heterocycles. The number of hydrogen-bond acceptors (Lipinski definition) is 4. The van der Waals surface area contributed by atoms with Gasteiger partial charge in [0.2, 0.25) is 0 Å². The van der Waals surface area contributed by atoms with Crippen LogP contribution in [0.25, 0.3) is 93.0 Å². The Kier molecular flexibility index (Phi) is 7.93. The van der Waals surface area contributed by atoms with Crippen LogP contribution < -0.4 is 27.3 Å². The van der Waals surface area contributed by atoms with Crippen molar-refractivity contribution < 1.29 is 0 Å². The van der Waals surface area contributed by atoms with Crippen molar-refractivity contribution in [3.8, 4) is 51.0 Å². The summed E-state index contributed by atoms with van der Waals surface area (Å²) in [7, 11) is 31.6. The molecule has 55 heavy (non-hydrogen) atoms. The van der Waals surface area contributed by atoms with Crippen LogP contribution in [0.15, 0.2) is 140 Å². The van der Waals surface area contributed by atoms with E-state index in [-0.39, 0.29) is 33.1 Å². The summed E-state index contributed by atoms with van der Waals surface area (Å²) in [4.78, 5) is 14.6. The molecule has 4 nitrogen and oxygen atoms in total. The molecule has 0 aliphatic carbocycles. The van der Waals surface area contributed by atoms with E-state index >= 15 is 0 Å². The van der Waals surface area contributed by atoms with Crippen LogP contribution in [-0.4, -0.2) is 58.8 Å². The van der Waals surface area contributed by atoms with Crippen LogP contribution >= 0.6 is 11.3 Å². The van der Waals surface area contributed by atoms with Gasteiger partial charge in [-0.1, -0.05) is 108 Å². The van der Waals surface area contributed by atoms with E-state index in [2.05, 4.69) is 108 Å². The van der Waals surface area contributed by atoms with E-state index in [1.165, 1.54) is 37.5 Å². The van der Waals surface area contributed by atoms with Gasteiger partial charge >= 0.3 is 0 Å². The second-order valence-electron chi connectivity index (χ2n) is 13.5. The Morgan fingerprint density at radius 3 is 1.80 bits per heavy atom. The third-order valence-electron chi connectivity index (χ3n) is 10.3. The van der Waals surface area contributed by atoms with Gasteiger partial charge in [0.25, 0.3) is 0 Å². The number of nitrogens with zero attached hydrogens (tertiary/aromatic N) is 4. The first kappa shape index (κ1) is 33.5. The highest BCUT2D eigenvalue weighted by molar-refractivity contribution is 7.26. The van der Waals surface area contributed by atoms with Crippen LogP contribution in [0.5, 0.6) is 0 Å². The zero-order chi connectivity index (χ0) is 37.4. The number of para-hydroxylation sites is 2. The minimum Gasteiger partial charge on any atom is -0.309 e. The quantitative estimate of drug-likeness (QED) is 0.207. The second kappa shape index (κ2) is 13.0. The Bertz CT molecular complexity index is 3130. The van der Waals surface area contributed by atoms with Crippen molar-refractivity contribution in [2.45, 2.75) is 0 Å². The lowest BCUT2D eigenvalue weighted by atomic mass is 9.60. The summed E-state index contributed by atoms with van der Waals surface area (Å²) in [5, 5.41) is 4.78. The Morgan fingerprint density at radius 2 is 1.04 bits per heavy atom. The molecule has 0 atom stereocenters. The normalized spacial score (nSPS) is 11.6. The first-order chi connectivity index (χ1) is 26.9. The van der Waals surface area contributed by atoms with Crippen molar-refractivity contribution in [3.05, 3.63) is 140 Å². The van der Waals surface area contributed by atoms with Crippen molar-refractivity contribution in [1.82, 2.24) is 19.5 Å². The van der Waals surface area contributed by atoms with E-state index in [9.17, 15) is 0 Å². The maximum Gasteiger partial charge on any atom is 0.164 e. The molecule has 10 heteroatoms. The van der Waals surface area contributed by atoms with Crippen LogP contribution in [-0.2, 0) is 0 Å². The maximum absolute atomic E-state index is 6.49. The average molecular weight is 706 g/mol. The van der Waals surface area contributed by atoms with E-state index in [1.54, 1.807) is 11.3 Å². The van der Waals surface area contributed by atoms with Crippen LogP contribution in [0.3, 0.4) is 0 Å². The standard InChI is InChI=1S/C45H23B5N4S/c46-38-37(39(47)41(49)42(50)40(38)48)45-52-43(24-10-3-1-4-11-24)51-44(53-45)26-18-20-30-35(23-26)55-34-17-9-15-28(36(30)34)25-19-21-33-31(22-25)29-14-7-8-16-32(29)54(33)27-12-5-2-6-13-27/h1-23H. The summed E-state index contributed by atoms with van der Waals surface area (Å²) < 4.78 is 4.63. The molecule has 7 aromatic carbocycles. The Hall–Kier alpha value is -6.11. The van der Waals surface area contributed by atoms with E-state index in [1.807, 2.05) is 36.4 Å². The average Bonchev–Trinajstić information content (AvgIpc) is 3.78. The summed E-state index contributed by atoms with van der Waals surface area (Å²) in [6.07, 6.45) is 0. The van der Waals surface area contributed by atoms with Gasteiger partial charge in [0.1, 0.15) is 39.2 Å². The molecule has 0 saturated carbocycles. The molecule has 10 aromatic rings. The molecular formula is C45H23B5N4S. The molecule has 0 fully saturated rings. The summed E-state index contributed by atoms with van der Waals surface area (Å²) in [6.45, 7) is 0. The minimum atomic E-state index is 0.129. The molecule has 0 unspecified atom stereocenters. The van der Waals surface area contributed by atoms with Crippen LogP contribution in [0.4, 0.5) is 0 Å². The fourth-order valence-electron chi connectivity index (χ4n) is 7.62. The lowest BCUT2D eigenvalue weighted by Gasteiger charge is -2.20. The van der Waals surface area contributed by atoms with Gasteiger partial charge in [-0.25, -0.2) is 15.0 Å². The fourth-order valence-corrected chi connectivity index (χ4v) is 8.80. The SMILES string of the molecule is [B]c1c([B])c([B])c(-c2nc(-c3ccccc3)nc(-c3ccc4c(c3)sc3cccc(-c5ccc6c(c5)c5ccccc5n6-c5ccccc5)c34)n2)c([B])c1[B]. The van der Waals surface area contributed by atoms with Gasteiger partial charge in [-0.2, -0.15) is 0 Å². The number of hydrogen-bond donors (Lipinski definition) is 0. The first-order valence-electron chi connectivity index (χ1n) is 17.7. The number of fused-ring (bicyclic) bond motifs is 6. The zero-order valence-electron chi connectivity index (χ0n) is 29.4. The first-order valence-corrected chi connectivity index (χ1v) is 18.5. The maximum atomic E-state index is 6.49. The molecule has 0 amide bonds. The molecule has 0 aliphatic rings. The number of benzene rings is 7. The van der Waals surface area contributed by atoms with Crippen molar-refractivity contribution in [1.29, 1.82) is 0 Å². The summed E-state index contributed by atoms with van der Waals surface area (Å²) in [6, 6.07) is 48.5. The zero-order valence-corrected chi connectivity index (χ0v) is 30.2. The molecule has 0 saturated heterocycles.